The molecule has 0 amide bonds. The second-order valence-electron chi connectivity index (χ2n) is 12.0. The first-order valence-corrected chi connectivity index (χ1v) is 13.3. The molecule has 8 nitrogen and oxygen atoms in total. The molecular weight excluding hydrogens is 474 g/mol. The van der Waals surface area contributed by atoms with E-state index in [0.717, 1.165) is 5.57 Å². The van der Waals surface area contributed by atoms with Crippen LogP contribution in [0.5, 0.6) is 0 Å². The van der Waals surface area contributed by atoms with Gasteiger partial charge in [0.2, 0.25) is 0 Å². The number of carbonyl (C=O) groups is 3. The van der Waals surface area contributed by atoms with E-state index >= 15 is 0 Å². The Hall–Kier alpha value is -2.58. The third-order valence-electron chi connectivity index (χ3n) is 10.2. The second-order valence-corrected chi connectivity index (χ2v) is 12.0. The summed E-state index contributed by atoms with van der Waals surface area (Å²) in [6, 6.07) is 3.27. The molecule has 3 saturated carbocycles. The zero-order valence-electron chi connectivity index (χ0n) is 22.0. The Labute approximate surface area is 217 Å². The number of Topliss-reactive ketones (excluding diaryl/α,β-unsaturated/α-hetero) is 1. The van der Waals surface area contributed by atoms with Gasteiger partial charge in [0, 0.05) is 36.6 Å². The van der Waals surface area contributed by atoms with Crippen LogP contribution < -0.4 is 0 Å². The molecule has 4 aliphatic carbocycles. The van der Waals surface area contributed by atoms with Crippen LogP contribution in [0, 0.1) is 28.6 Å². The zero-order valence-corrected chi connectivity index (χ0v) is 22.0. The number of ether oxygens (including phenoxy) is 2. The minimum atomic E-state index is -1.30. The lowest BCUT2D eigenvalue weighted by Crippen LogP contribution is -2.72. The van der Waals surface area contributed by atoms with Gasteiger partial charge in [0.05, 0.1) is 17.3 Å². The normalized spacial score (nSPS) is 42.5. The Kier molecular flexibility index (Phi) is 6.35. The molecule has 4 aliphatic rings. The highest BCUT2D eigenvalue weighted by Crippen LogP contribution is 2.69. The number of hydrogen-bond acceptors (Lipinski definition) is 8. The number of fused-ring (bicyclic) bond motifs is 5. The van der Waals surface area contributed by atoms with Crippen LogP contribution in [0.2, 0.25) is 0 Å². The maximum Gasteiger partial charge on any atom is 0.340 e. The van der Waals surface area contributed by atoms with Crippen LogP contribution in [-0.4, -0.2) is 56.8 Å². The molecule has 1 heterocycles. The molecule has 2 N–H and O–H groups in total. The van der Waals surface area contributed by atoms with Gasteiger partial charge in [-0.2, -0.15) is 0 Å². The van der Waals surface area contributed by atoms with Gasteiger partial charge in [-0.3, -0.25) is 14.6 Å². The van der Waals surface area contributed by atoms with Crippen molar-refractivity contribution in [3.63, 3.8) is 0 Å². The molecule has 0 radical (unpaired) electrons. The lowest BCUT2D eigenvalue weighted by molar-refractivity contribution is -0.268. The van der Waals surface area contributed by atoms with Crippen molar-refractivity contribution in [2.75, 3.05) is 0 Å². The van der Waals surface area contributed by atoms with Gasteiger partial charge < -0.3 is 19.7 Å². The van der Waals surface area contributed by atoms with Crippen LogP contribution in [0.3, 0.4) is 0 Å². The summed E-state index contributed by atoms with van der Waals surface area (Å²) in [5, 5.41) is 23.0. The van der Waals surface area contributed by atoms with Crippen molar-refractivity contribution < 1.29 is 34.1 Å². The van der Waals surface area contributed by atoms with Crippen LogP contribution >= 0.6 is 0 Å². The Morgan fingerprint density at radius 1 is 1.11 bits per heavy atom. The molecule has 0 aromatic carbocycles. The smallest absolute Gasteiger partial charge is 0.340 e. The Balaban J connectivity index is 1.69. The molecule has 37 heavy (non-hydrogen) atoms. The number of allylic oxidation sites excluding steroid dienone is 1. The average Bonchev–Trinajstić information content (AvgIpc) is 3.14. The molecule has 9 atom stereocenters. The fourth-order valence-electron chi connectivity index (χ4n) is 8.46. The highest BCUT2D eigenvalue weighted by molar-refractivity contribution is 5.89. The fourth-order valence-corrected chi connectivity index (χ4v) is 8.46. The van der Waals surface area contributed by atoms with E-state index in [1.54, 1.807) is 18.3 Å². The summed E-state index contributed by atoms with van der Waals surface area (Å²) in [7, 11) is 0. The fraction of sp³-hybridized carbons (Fsp3) is 0.655. The minimum absolute atomic E-state index is 0.0783. The minimum Gasteiger partial charge on any atom is -0.458 e. The summed E-state index contributed by atoms with van der Waals surface area (Å²) in [6.45, 7) is 6.75. The van der Waals surface area contributed by atoms with Gasteiger partial charge in [0.25, 0.3) is 0 Å². The van der Waals surface area contributed by atoms with E-state index < -0.39 is 52.6 Å². The summed E-state index contributed by atoms with van der Waals surface area (Å²) in [5.74, 6) is -2.45. The van der Waals surface area contributed by atoms with Crippen LogP contribution in [0.15, 0.2) is 36.2 Å². The first-order valence-electron chi connectivity index (χ1n) is 13.3. The van der Waals surface area contributed by atoms with Crippen molar-refractivity contribution in [3.05, 3.63) is 41.7 Å². The number of rotatable bonds is 4. The molecule has 0 aliphatic heterocycles. The Morgan fingerprint density at radius 3 is 2.51 bits per heavy atom. The van der Waals surface area contributed by atoms with Gasteiger partial charge in [0.1, 0.15) is 18.0 Å². The maximum absolute atomic E-state index is 13.4. The third kappa shape index (κ3) is 3.78. The molecule has 9 unspecified atom stereocenters. The molecular formula is C29H37NO7. The lowest BCUT2D eigenvalue weighted by atomic mass is 9.44. The first kappa shape index (κ1) is 26.0. The van der Waals surface area contributed by atoms with E-state index in [1.807, 2.05) is 6.92 Å². The largest absolute Gasteiger partial charge is 0.458 e. The van der Waals surface area contributed by atoms with E-state index in [2.05, 4.69) is 18.0 Å². The summed E-state index contributed by atoms with van der Waals surface area (Å²) in [5.41, 5.74) is -1.55. The highest BCUT2D eigenvalue weighted by atomic mass is 16.6. The summed E-state index contributed by atoms with van der Waals surface area (Å²) in [4.78, 5) is 42.9. The molecule has 8 heteroatoms. The first-order chi connectivity index (χ1) is 17.4. The Morgan fingerprint density at radius 2 is 1.86 bits per heavy atom. The number of ketones is 1. The van der Waals surface area contributed by atoms with Crippen molar-refractivity contribution >= 4 is 17.7 Å². The highest BCUT2D eigenvalue weighted by Gasteiger charge is 2.75. The van der Waals surface area contributed by atoms with Crippen molar-refractivity contribution in [3.8, 4) is 0 Å². The van der Waals surface area contributed by atoms with Crippen LogP contribution in [-0.2, 0) is 19.1 Å². The number of carbonyl (C=O) groups excluding carboxylic acids is 3. The summed E-state index contributed by atoms with van der Waals surface area (Å²) in [6.07, 6.45) is 5.95. The van der Waals surface area contributed by atoms with E-state index in [4.69, 9.17) is 9.47 Å². The van der Waals surface area contributed by atoms with Crippen LogP contribution in [0.4, 0.5) is 0 Å². The molecule has 200 valence electrons. The number of hydrogen-bond donors (Lipinski definition) is 2. The molecule has 5 rings (SSSR count). The SMILES string of the molecule is CC(=O)OC1C(OC(=O)c2cccnc2)C2C(CC=C3CC(O)CCC32C)C2(O)CCC(C(C)=O)C12C. The quantitative estimate of drug-likeness (QED) is 0.466. The van der Waals surface area contributed by atoms with Crippen molar-refractivity contribution in [2.24, 2.45) is 28.6 Å². The van der Waals surface area contributed by atoms with Crippen molar-refractivity contribution in [1.29, 1.82) is 0 Å². The predicted molar refractivity (Wildman–Crippen MR) is 133 cm³/mol. The standard InChI is InChI=1S/C29H37NO7/c1-16(31)21-10-12-29(35)22-8-7-19-14-20(33)9-11-27(19,3)23(22)24(25(28(21,29)4)36-17(2)32)37-26(34)18-6-5-13-30-15-18/h5-7,13,15,20-25,33,35H,8-12,14H2,1-4H3. The lowest BCUT2D eigenvalue weighted by Gasteiger charge is -2.64. The number of pyridine rings is 1. The van der Waals surface area contributed by atoms with Gasteiger partial charge >= 0.3 is 11.9 Å². The van der Waals surface area contributed by atoms with Crippen molar-refractivity contribution in [1.82, 2.24) is 4.98 Å². The number of nitrogens with zero attached hydrogens (tertiary/aromatic N) is 1. The average molecular weight is 512 g/mol. The molecule has 0 spiro atoms. The number of aliphatic hydroxyl groups is 2. The maximum atomic E-state index is 13.4. The zero-order chi connectivity index (χ0) is 26.8. The molecule has 0 saturated heterocycles. The van der Waals surface area contributed by atoms with Crippen LogP contribution in [0.25, 0.3) is 0 Å². The number of aromatic nitrogens is 1. The molecule has 0 bridgehead atoms. The predicted octanol–water partition coefficient (Wildman–Crippen LogP) is 3.40. The van der Waals surface area contributed by atoms with Crippen LogP contribution in [0.1, 0.15) is 76.6 Å². The molecule has 3 fully saturated rings. The topological polar surface area (TPSA) is 123 Å². The van der Waals surface area contributed by atoms with E-state index in [0.29, 0.717) is 38.5 Å². The third-order valence-corrected chi connectivity index (χ3v) is 10.2. The molecule has 1 aromatic rings. The van der Waals surface area contributed by atoms with Gasteiger partial charge in [-0.15, -0.1) is 0 Å². The van der Waals surface area contributed by atoms with Crippen molar-refractivity contribution in [2.45, 2.75) is 90.1 Å². The summed E-state index contributed by atoms with van der Waals surface area (Å²) < 4.78 is 12.3. The van der Waals surface area contributed by atoms with E-state index in [-0.39, 0.29) is 23.2 Å². The van der Waals surface area contributed by atoms with Gasteiger partial charge in [-0.1, -0.05) is 25.5 Å². The molecule has 1 aromatic heterocycles. The van der Waals surface area contributed by atoms with Gasteiger partial charge in [0.15, 0.2) is 0 Å². The van der Waals surface area contributed by atoms with E-state index in [1.165, 1.54) is 20.0 Å². The Bertz CT molecular complexity index is 1130. The van der Waals surface area contributed by atoms with Gasteiger partial charge in [-0.05, 0) is 68.9 Å². The van der Waals surface area contributed by atoms with Gasteiger partial charge in [-0.25, -0.2) is 4.79 Å². The monoisotopic (exact) mass is 511 g/mol. The number of aliphatic hydroxyl groups excluding tert-OH is 1. The second kappa shape index (κ2) is 9.02. The summed E-state index contributed by atoms with van der Waals surface area (Å²) >= 11 is 0. The van der Waals surface area contributed by atoms with E-state index in [9.17, 15) is 24.6 Å². The number of esters is 2.